The number of rotatable bonds is 5. The Labute approximate surface area is 137 Å². The third-order valence-electron chi connectivity index (χ3n) is 3.92. The molecule has 2 aromatic heterocycles. The average molecular weight is 308 g/mol. The summed E-state index contributed by atoms with van der Waals surface area (Å²) in [6, 6.07) is 8.65. The van der Waals surface area contributed by atoms with Gasteiger partial charge < -0.3 is 9.72 Å². The molecule has 3 aromatic rings. The summed E-state index contributed by atoms with van der Waals surface area (Å²) in [6.07, 6.45) is 5.81. The summed E-state index contributed by atoms with van der Waals surface area (Å²) in [5.41, 5.74) is 4.29. The highest BCUT2D eigenvalue weighted by Gasteiger charge is 2.10. The quantitative estimate of drug-likeness (QED) is 0.749. The number of imidazole rings is 1. The lowest BCUT2D eigenvalue weighted by molar-refractivity contribution is 0.687. The van der Waals surface area contributed by atoms with Crippen LogP contribution in [0.25, 0.3) is 16.9 Å². The second-order valence-corrected chi connectivity index (χ2v) is 6.68. The van der Waals surface area contributed by atoms with Crippen molar-refractivity contribution < 1.29 is 0 Å². The van der Waals surface area contributed by atoms with Gasteiger partial charge in [-0.15, -0.1) is 0 Å². The number of fused-ring (bicyclic) bond motifs is 1. The van der Waals surface area contributed by atoms with Crippen LogP contribution in [0.1, 0.15) is 39.2 Å². The van der Waals surface area contributed by atoms with E-state index in [4.69, 9.17) is 4.98 Å². The van der Waals surface area contributed by atoms with Crippen LogP contribution in [0.4, 0.5) is 5.82 Å². The maximum atomic E-state index is 4.80. The Morgan fingerprint density at radius 1 is 1.09 bits per heavy atom. The third kappa shape index (κ3) is 3.36. The maximum Gasteiger partial charge on any atom is 0.180 e. The summed E-state index contributed by atoms with van der Waals surface area (Å²) in [5, 5.41) is 3.42. The molecule has 0 aliphatic heterocycles. The summed E-state index contributed by atoms with van der Waals surface area (Å²) < 4.78 is 2.03. The predicted molar refractivity (Wildman–Crippen MR) is 95.8 cm³/mol. The van der Waals surface area contributed by atoms with Gasteiger partial charge in [0, 0.05) is 30.7 Å². The average Bonchev–Trinajstić information content (AvgIpc) is 3.01. The fourth-order valence-electron chi connectivity index (χ4n) is 2.53. The van der Waals surface area contributed by atoms with Crippen molar-refractivity contribution in [2.45, 2.75) is 33.6 Å². The van der Waals surface area contributed by atoms with Gasteiger partial charge in [0.1, 0.15) is 0 Å². The molecule has 0 saturated carbocycles. The van der Waals surface area contributed by atoms with E-state index >= 15 is 0 Å². The molecule has 1 N–H and O–H groups in total. The SMILES string of the molecule is CC(C)CNc1nc(-c2ccc(C(C)C)cc2)cn2ccnc12. The van der Waals surface area contributed by atoms with Crippen LogP contribution < -0.4 is 5.32 Å². The molecule has 0 radical (unpaired) electrons. The Morgan fingerprint density at radius 3 is 2.48 bits per heavy atom. The topological polar surface area (TPSA) is 42.2 Å². The zero-order valence-corrected chi connectivity index (χ0v) is 14.2. The molecule has 1 aromatic carbocycles. The first kappa shape index (κ1) is 15.5. The van der Waals surface area contributed by atoms with E-state index in [1.54, 1.807) is 0 Å². The number of benzene rings is 1. The van der Waals surface area contributed by atoms with E-state index in [2.05, 4.69) is 62.3 Å². The van der Waals surface area contributed by atoms with Crippen LogP contribution in [0.2, 0.25) is 0 Å². The lowest BCUT2D eigenvalue weighted by Crippen LogP contribution is -2.11. The second-order valence-electron chi connectivity index (χ2n) is 6.68. The van der Waals surface area contributed by atoms with Gasteiger partial charge >= 0.3 is 0 Å². The van der Waals surface area contributed by atoms with Crippen molar-refractivity contribution in [1.29, 1.82) is 0 Å². The Hall–Kier alpha value is -2.36. The lowest BCUT2D eigenvalue weighted by atomic mass is 10.0. The van der Waals surface area contributed by atoms with Gasteiger partial charge in [-0.3, -0.25) is 0 Å². The molecule has 0 aliphatic carbocycles. The Kier molecular flexibility index (Phi) is 4.33. The summed E-state index contributed by atoms with van der Waals surface area (Å²) in [5.74, 6) is 1.94. The van der Waals surface area contributed by atoms with Crippen molar-refractivity contribution in [1.82, 2.24) is 14.4 Å². The van der Waals surface area contributed by atoms with E-state index in [-0.39, 0.29) is 0 Å². The minimum absolute atomic E-state index is 0.538. The molecule has 2 heterocycles. The summed E-state index contributed by atoms with van der Waals surface area (Å²) >= 11 is 0. The number of nitrogens with one attached hydrogen (secondary N) is 1. The fraction of sp³-hybridized carbons (Fsp3) is 0.368. The summed E-state index contributed by atoms with van der Waals surface area (Å²) in [7, 11) is 0. The van der Waals surface area contributed by atoms with Crippen LogP contribution in [0, 0.1) is 5.92 Å². The molecule has 4 nitrogen and oxygen atoms in total. The van der Waals surface area contributed by atoms with Gasteiger partial charge in [-0.2, -0.15) is 0 Å². The van der Waals surface area contributed by atoms with E-state index < -0.39 is 0 Å². The van der Waals surface area contributed by atoms with Crippen LogP contribution in [-0.2, 0) is 0 Å². The molecule has 0 aliphatic rings. The summed E-state index contributed by atoms with van der Waals surface area (Å²) in [6.45, 7) is 9.66. The number of hydrogen-bond donors (Lipinski definition) is 1. The minimum atomic E-state index is 0.538. The summed E-state index contributed by atoms with van der Waals surface area (Å²) in [4.78, 5) is 9.20. The Morgan fingerprint density at radius 2 is 1.83 bits per heavy atom. The molecule has 0 atom stereocenters. The number of nitrogens with zero attached hydrogens (tertiary/aromatic N) is 3. The van der Waals surface area contributed by atoms with Gasteiger partial charge in [0.2, 0.25) is 0 Å². The van der Waals surface area contributed by atoms with E-state index in [0.717, 1.165) is 29.3 Å². The van der Waals surface area contributed by atoms with Gasteiger partial charge in [-0.25, -0.2) is 9.97 Å². The third-order valence-corrected chi connectivity index (χ3v) is 3.92. The number of hydrogen-bond acceptors (Lipinski definition) is 3. The van der Waals surface area contributed by atoms with E-state index in [1.165, 1.54) is 5.56 Å². The van der Waals surface area contributed by atoms with Crippen LogP contribution in [0.15, 0.2) is 42.9 Å². The highest BCUT2D eigenvalue weighted by Crippen LogP contribution is 2.24. The largest absolute Gasteiger partial charge is 0.367 e. The monoisotopic (exact) mass is 308 g/mol. The van der Waals surface area contributed by atoms with Gasteiger partial charge in [0.15, 0.2) is 11.5 Å². The molecule has 4 heteroatoms. The molecule has 0 unspecified atom stereocenters. The molecule has 0 saturated heterocycles. The molecular formula is C19H24N4. The van der Waals surface area contributed by atoms with E-state index in [0.29, 0.717) is 11.8 Å². The van der Waals surface area contributed by atoms with E-state index in [1.807, 2.05) is 23.0 Å². The Balaban J connectivity index is 2.00. The van der Waals surface area contributed by atoms with Gasteiger partial charge in [0.05, 0.1) is 5.69 Å². The number of aromatic nitrogens is 3. The van der Waals surface area contributed by atoms with Crippen LogP contribution in [0.3, 0.4) is 0 Å². The zero-order chi connectivity index (χ0) is 16.4. The maximum absolute atomic E-state index is 4.80. The van der Waals surface area contributed by atoms with Gasteiger partial charge in [0.25, 0.3) is 0 Å². The van der Waals surface area contributed by atoms with Crippen LogP contribution >= 0.6 is 0 Å². The van der Waals surface area contributed by atoms with E-state index in [9.17, 15) is 0 Å². The molecule has 23 heavy (non-hydrogen) atoms. The first-order valence-corrected chi connectivity index (χ1v) is 8.22. The van der Waals surface area contributed by atoms with Gasteiger partial charge in [-0.1, -0.05) is 52.0 Å². The minimum Gasteiger partial charge on any atom is -0.367 e. The molecule has 3 rings (SSSR count). The molecule has 0 bridgehead atoms. The first-order valence-electron chi connectivity index (χ1n) is 8.22. The van der Waals surface area contributed by atoms with Crippen molar-refractivity contribution in [3.63, 3.8) is 0 Å². The lowest BCUT2D eigenvalue weighted by Gasteiger charge is -2.12. The highest BCUT2D eigenvalue weighted by molar-refractivity contribution is 5.69. The highest BCUT2D eigenvalue weighted by atomic mass is 15.1. The fourth-order valence-corrected chi connectivity index (χ4v) is 2.53. The van der Waals surface area contributed by atoms with Crippen molar-refractivity contribution in [3.8, 4) is 11.3 Å². The van der Waals surface area contributed by atoms with Crippen LogP contribution in [-0.4, -0.2) is 20.9 Å². The number of anilines is 1. The molecule has 0 spiro atoms. The van der Waals surface area contributed by atoms with Crippen molar-refractivity contribution in [3.05, 3.63) is 48.4 Å². The van der Waals surface area contributed by atoms with Crippen molar-refractivity contribution in [2.75, 3.05) is 11.9 Å². The normalized spacial score (nSPS) is 11.6. The van der Waals surface area contributed by atoms with Crippen LogP contribution in [0.5, 0.6) is 0 Å². The first-order chi connectivity index (χ1) is 11.0. The standard InChI is InChI=1S/C19H24N4/c1-13(2)11-21-18-19-20-9-10-23(19)12-17(22-18)16-7-5-15(6-8-16)14(3)4/h5-10,12-14H,11H2,1-4H3,(H,21,22). The molecule has 0 fully saturated rings. The molecular weight excluding hydrogens is 284 g/mol. The second kappa shape index (κ2) is 6.41. The molecule has 120 valence electrons. The Bertz CT molecular complexity index is 785. The van der Waals surface area contributed by atoms with Crippen molar-refractivity contribution in [2.24, 2.45) is 5.92 Å². The van der Waals surface area contributed by atoms with Gasteiger partial charge in [-0.05, 0) is 17.4 Å². The molecule has 0 amide bonds. The smallest absolute Gasteiger partial charge is 0.180 e. The van der Waals surface area contributed by atoms with Crippen molar-refractivity contribution >= 4 is 11.5 Å². The zero-order valence-electron chi connectivity index (χ0n) is 14.2. The predicted octanol–water partition coefficient (Wildman–Crippen LogP) is 4.59.